The maximum Gasteiger partial charge on any atom is 0.273 e. The third-order valence-corrected chi connectivity index (χ3v) is 4.08. The highest BCUT2D eigenvalue weighted by molar-refractivity contribution is 5.97. The van der Waals surface area contributed by atoms with Crippen molar-refractivity contribution in [1.82, 2.24) is 20.4 Å². The first-order valence-electron chi connectivity index (χ1n) is 8.30. The van der Waals surface area contributed by atoms with Crippen LogP contribution in [0.5, 0.6) is 5.75 Å². The number of hydrogen-bond donors (Lipinski definition) is 3. The maximum atomic E-state index is 12.5. The molecule has 0 aliphatic heterocycles. The number of carbonyl (C=O) groups is 2. The summed E-state index contributed by atoms with van der Waals surface area (Å²) in [6, 6.07) is 13.0. The van der Waals surface area contributed by atoms with Crippen LogP contribution < -0.4 is 16.4 Å². The molecule has 3 rings (SSSR count). The topological polar surface area (TPSA) is 113 Å². The number of benzene rings is 2. The van der Waals surface area contributed by atoms with E-state index >= 15 is 0 Å². The molecule has 1 aromatic heterocycles. The quantitative estimate of drug-likeness (QED) is 0.602. The number of hydrazine groups is 1. The van der Waals surface area contributed by atoms with E-state index in [2.05, 4.69) is 15.8 Å². The number of fused-ring (bicyclic) bond motifs is 1. The van der Waals surface area contributed by atoms with Gasteiger partial charge in [0.1, 0.15) is 11.6 Å². The van der Waals surface area contributed by atoms with Gasteiger partial charge in [0.25, 0.3) is 11.5 Å². The van der Waals surface area contributed by atoms with Crippen molar-refractivity contribution in [1.29, 1.82) is 0 Å². The number of rotatable bonds is 4. The Balaban J connectivity index is 1.63. The number of hydrogen-bond acceptors (Lipinski definition) is 5. The van der Waals surface area contributed by atoms with Gasteiger partial charge in [0, 0.05) is 13.0 Å². The molecule has 0 aliphatic carbocycles. The minimum atomic E-state index is -0.637. The SMILES string of the molecule is Cc1nc2ccccc2c(=O)n1CCC(=O)NNC(=O)c1ccccc1O. The largest absolute Gasteiger partial charge is 0.507 e. The van der Waals surface area contributed by atoms with Crippen LogP contribution in [0.1, 0.15) is 22.6 Å². The Labute approximate surface area is 154 Å². The fraction of sp³-hybridized carbons (Fsp3) is 0.158. The Morgan fingerprint density at radius 2 is 1.78 bits per heavy atom. The Hall–Kier alpha value is -3.68. The predicted octanol–water partition coefficient (Wildman–Crippen LogP) is 1.26. The van der Waals surface area contributed by atoms with Gasteiger partial charge in [-0.15, -0.1) is 0 Å². The number of phenolic OH excluding ortho intramolecular Hbond substituents is 1. The number of nitrogens with zero attached hydrogens (tertiary/aromatic N) is 2. The zero-order valence-electron chi connectivity index (χ0n) is 14.6. The zero-order chi connectivity index (χ0) is 19.4. The normalized spacial score (nSPS) is 10.6. The van der Waals surface area contributed by atoms with Crippen LogP contribution in [0.3, 0.4) is 0 Å². The first kappa shape index (κ1) is 18.1. The van der Waals surface area contributed by atoms with Crippen LogP contribution in [0.25, 0.3) is 10.9 Å². The molecule has 8 heteroatoms. The summed E-state index contributed by atoms with van der Waals surface area (Å²) in [5, 5.41) is 10.1. The molecule has 2 amide bonds. The summed E-state index contributed by atoms with van der Waals surface area (Å²) in [5.41, 5.74) is 4.94. The van der Waals surface area contributed by atoms with Crippen molar-refractivity contribution in [2.75, 3.05) is 0 Å². The van der Waals surface area contributed by atoms with E-state index in [0.29, 0.717) is 16.7 Å². The summed E-state index contributed by atoms with van der Waals surface area (Å²) >= 11 is 0. The third kappa shape index (κ3) is 3.95. The number of aromatic hydroxyl groups is 1. The Morgan fingerprint density at radius 3 is 2.56 bits per heavy atom. The lowest BCUT2D eigenvalue weighted by Gasteiger charge is -2.11. The lowest BCUT2D eigenvalue weighted by Crippen LogP contribution is -2.42. The Bertz CT molecular complexity index is 1070. The first-order chi connectivity index (χ1) is 13.0. The number of aromatic nitrogens is 2. The second kappa shape index (κ2) is 7.69. The lowest BCUT2D eigenvalue weighted by atomic mass is 10.2. The monoisotopic (exact) mass is 366 g/mol. The molecule has 0 radical (unpaired) electrons. The van der Waals surface area contributed by atoms with E-state index in [-0.39, 0.29) is 29.8 Å². The molecular formula is C19H18N4O4. The van der Waals surface area contributed by atoms with Gasteiger partial charge >= 0.3 is 0 Å². The van der Waals surface area contributed by atoms with E-state index in [1.807, 2.05) is 0 Å². The van der Waals surface area contributed by atoms with Crippen LogP contribution >= 0.6 is 0 Å². The highest BCUT2D eigenvalue weighted by atomic mass is 16.3. The van der Waals surface area contributed by atoms with Gasteiger partial charge in [-0.05, 0) is 31.2 Å². The van der Waals surface area contributed by atoms with Crippen molar-refractivity contribution < 1.29 is 14.7 Å². The lowest BCUT2D eigenvalue weighted by molar-refractivity contribution is -0.122. The van der Waals surface area contributed by atoms with Gasteiger partial charge in [-0.2, -0.15) is 0 Å². The van der Waals surface area contributed by atoms with E-state index in [1.165, 1.54) is 16.7 Å². The van der Waals surface area contributed by atoms with Gasteiger partial charge in [0.05, 0.1) is 16.5 Å². The highest BCUT2D eigenvalue weighted by Gasteiger charge is 2.12. The fourth-order valence-corrected chi connectivity index (χ4v) is 2.68. The number of para-hydroxylation sites is 2. The molecule has 0 saturated carbocycles. The molecular weight excluding hydrogens is 348 g/mol. The Morgan fingerprint density at radius 1 is 1.07 bits per heavy atom. The molecule has 3 N–H and O–H groups in total. The van der Waals surface area contributed by atoms with E-state index in [9.17, 15) is 19.5 Å². The zero-order valence-corrected chi connectivity index (χ0v) is 14.6. The summed E-state index contributed by atoms with van der Waals surface area (Å²) in [6.07, 6.45) is -0.0260. The summed E-state index contributed by atoms with van der Waals surface area (Å²) in [4.78, 5) is 40.9. The average Bonchev–Trinajstić information content (AvgIpc) is 2.66. The van der Waals surface area contributed by atoms with Crippen molar-refractivity contribution in [3.63, 3.8) is 0 Å². The number of nitrogens with one attached hydrogen (secondary N) is 2. The van der Waals surface area contributed by atoms with Crippen LogP contribution in [0.4, 0.5) is 0 Å². The fourth-order valence-electron chi connectivity index (χ4n) is 2.68. The van der Waals surface area contributed by atoms with Crippen molar-refractivity contribution in [2.45, 2.75) is 19.9 Å². The van der Waals surface area contributed by atoms with Gasteiger partial charge < -0.3 is 5.11 Å². The number of amides is 2. The van der Waals surface area contributed by atoms with Gasteiger partial charge in [0.2, 0.25) is 5.91 Å². The molecule has 0 fully saturated rings. The number of aryl methyl sites for hydroxylation is 1. The molecule has 138 valence electrons. The summed E-state index contributed by atoms with van der Waals surface area (Å²) < 4.78 is 1.42. The molecule has 0 atom stereocenters. The smallest absolute Gasteiger partial charge is 0.273 e. The van der Waals surface area contributed by atoms with E-state index in [1.54, 1.807) is 43.3 Å². The summed E-state index contributed by atoms with van der Waals surface area (Å²) in [6.45, 7) is 1.83. The first-order valence-corrected chi connectivity index (χ1v) is 8.30. The minimum absolute atomic E-state index is 0.0260. The molecule has 0 saturated heterocycles. The Kier molecular flexibility index (Phi) is 5.16. The molecule has 1 heterocycles. The standard InChI is InChI=1S/C19H18N4O4/c1-12-20-15-8-4-2-6-13(15)19(27)23(12)11-10-17(25)21-22-18(26)14-7-3-5-9-16(14)24/h2-9,24H,10-11H2,1H3,(H,21,25)(H,22,26). The number of carbonyl (C=O) groups excluding carboxylic acids is 2. The third-order valence-electron chi connectivity index (χ3n) is 4.08. The molecule has 8 nitrogen and oxygen atoms in total. The predicted molar refractivity (Wildman–Crippen MR) is 99.1 cm³/mol. The molecule has 27 heavy (non-hydrogen) atoms. The van der Waals surface area contributed by atoms with Gasteiger partial charge in [-0.1, -0.05) is 24.3 Å². The van der Waals surface area contributed by atoms with Crippen molar-refractivity contribution >= 4 is 22.7 Å². The van der Waals surface area contributed by atoms with Crippen LogP contribution in [0, 0.1) is 6.92 Å². The average molecular weight is 366 g/mol. The maximum absolute atomic E-state index is 12.5. The van der Waals surface area contributed by atoms with E-state index < -0.39 is 11.8 Å². The highest BCUT2D eigenvalue weighted by Crippen LogP contribution is 2.14. The van der Waals surface area contributed by atoms with E-state index in [4.69, 9.17) is 0 Å². The molecule has 3 aromatic rings. The van der Waals surface area contributed by atoms with Gasteiger partial charge in [0.15, 0.2) is 0 Å². The van der Waals surface area contributed by atoms with Crippen molar-refractivity contribution in [3.05, 3.63) is 70.3 Å². The van der Waals surface area contributed by atoms with Gasteiger partial charge in [-0.25, -0.2) is 4.98 Å². The molecule has 0 bridgehead atoms. The molecule has 0 aliphatic rings. The van der Waals surface area contributed by atoms with Gasteiger partial charge in [-0.3, -0.25) is 29.8 Å². The van der Waals surface area contributed by atoms with E-state index in [0.717, 1.165) is 0 Å². The molecule has 0 spiro atoms. The van der Waals surface area contributed by atoms with Crippen molar-refractivity contribution in [2.24, 2.45) is 0 Å². The molecule has 0 unspecified atom stereocenters. The van der Waals surface area contributed by atoms with Crippen LogP contribution in [-0.4, -0.2) is 26.5 Å². The number of phenols is 1. The van der Waals surface area contributed by atoms with Crippen LogP contribution in [0.2, 0.25) is 0 Å². The summed E-state index contributed by atoms with van der Waals surface area (Å²) in [7, 11) is 0. The van der Waals surface area contributed by atoms with Crippen LogP contribution in [-0.2, 0) is 11.3 Å². The van der Waals surface area contributed by atoms with Crippen LogP contribution in [0.15, 0.2) is 53.3 Å². The summed E-state index contributed by atoms with van der Waals surface area (Å²) in [5.74, 6) is -0.793. The minimum Gasteiger partial charge on any atom is -0.507 e. The molecule has 2 aromatic carbocycles. The second-order valence-corrected chi connectivity index (χ2v) is 5.90. The van der Waals surface area contributed by atoms with Crippen molar-refractivity contribution in [3.8, 4) is 5.75 Å². The second-order valence-electron chi connectivity index (χ2n) is 5.90.